The van der Waals surface area contributed by atoms with Gasteiger partial charge in [0.05, 0.1) is 10.7 Å². The molecule has 3 aromatic rings. The summed E-state index contributed by atoms with van der Waals surface area (Å²) in [6, 6.07) is 10.6. The molecule has 1 aromatic carbocycles. The highest BCUT2D eigenvalue weighted by molar-refractivity contribution is 9.10. The third-order valence-corrected chi connectivity index (χ3v) is 5.83. The molecule has 0 aliphatic heterocycles. The van der Waals surface area contributed by atoms with Crippen molar-refractivity contribution in [2.24, 2.45) is 0 Å². The van der Waals surface area contributed by atoms with Crippen LogP contribution in [0.2, 0.25) is 5.02 Å². The smallest absolute Gasteiger partial charge is 0.103 e. The summed E-state index contributed by atoms with van der Waals surface area (Å²) in [4.78, 5) is 5.26. The van der Waals surface area contributed by atoms with Crippen LogP contribution in [0.5, 0.6) is 0 Å². The van der Waals surface area contributed by atoms with Crippen molar-refractivity contribution >= 4 is 39.3 Å². The normalized spacial score (nSPS) is 11.3. The van der Waals surface area contributed by atoms with Crippen LogP contribution >= 0.6 is 39.3 Å². The van der Waals surface area contributed by atoms with Gasteiger partial charge in [0.1, 0.15) is 5.03 Å². The second kappa shape index (κ2) is 7.94. The van der Waals surface area contributed by atoms with Crippen LogP contribution < -0.4 is 0 Å². The standard InChI is InChI=1S/C19H19BrClN3S/c1-12(2)24-19(25-16-6-4-5-15(20)10-16)17(13(3)23-24)9-14-7-8-22-11-18(14)21/h4-8,10-12H,9H2,1-3H3. The molecule has 0 radical (unpaired) electrons. The van der Waals surface area contributed by atoms with Gasteiger partial charge in [0.2, 0.25) is 0 Å². The Hall–Kier alpha value is -1.30. The molecule has 0 spiro atoms. The Balaban J connectivity index is 2.04. The number of hydrogen-bond acceptors (Lipinski definition) is 3. The van der Waals surface area contributed by atoms with E-state index in [1.165, 1.54) is 15.5 Å². The first-order chi connectivity index (χ1) is 12.0. The average Bonchev–Trinajstić information content (AvgIpc) is 2.86. The molecule has 0 atom stereocenters. The molecular formula is C19H19BrClN3S. The maximum absolute atomic E-state index is 6.33. The molecule has 2 aromatic heterocycles. The van der Waals surface area contributed by atoms with Crippen LogP contribution in [0, 0.1) is 6.92 Å². The van der Waals surface area contributed by atoms with Gasteiger partial charge in [-0.3, -0.25) is 9.67 Å². The molecule has 25 heavy (non-hydrogen) atoms. The summed E-state index contributed by atoms with van der Waals surface area (Å²) in [6.07, 6.45) is 4.22. The number of hydrogen-bond donors (Lipinski definition) is 0. The SMILES string of the molecule is Cc1nn(C(C)C)c(Sc2cccc(Br)c2)c1Cc1ccncc1Cl. The van der Waals surface area contributed by atoms with Gasteiger partial charge in [-0.15, -0.1) is 0 Å². The summed E-state index contributed by atoms with van der Waals surface area (Å²) in [5, 5.41) is 6.64. The fourth-order valence-electron chi connectivity index (χ4n) is 2.60. The predicted molar refractivity (Wildman–Crippen MR) is 108 cm³/mol. The highest BCUT2D eigenvalue weighted by Crippen LogP contribution is 2.36. The van der Waals surface area contributed by atoms with Crippen molar-refractivity contribution in [1.82, 2.24) is 14.8 Å². The lowest BCUT2D eigenvalue weighted by Crippen LogP contribution is -2.05. The van der Waals surface area contributed by atoms with Crippen molar-refractivity contribution in [3.05, 3.63) is 69.0 Å². The van der Waals surface area contributed by atoms with Crippen molar-refractivity contribution in [2.45, 2.75) is 43.2 Å². The molecule has 130 valence electrons. The molecule has 6 heteroatoms. The molecule has 0 saturated carbocycles. The fraction of sp³-hybridized carbons (Fsp3) is 0.263. The lowest BCUT2D eigenvalue weighted by atomic mass is 10.1. The third kappa shape index (κ3) is 4.27. The van der Waals surface area contributed by atoms with E-state index in [4.69, 9.17) is 16.7 Å². The van der Waals surface area contributed by atoms with Gasteiger partial charge in [-0.05, 0) is 50.6 Å². The molecule has 0 fully saturated rings. The quantitative estimate of drug-likeness (QED) is 0.468. The van der Waals surface area contributed by atoms with Crippen molar-refractivity contribution in [3.8, 4) is 0 Å². The van der Waals surface area contributed by atoms with Crippen LogP contribution in [0.4, 0.5) is 0 Å². The molecule has 0 unspecified atom stereocenters. The lowest BCUT2D eigenvalue weighted by Gasteiger charge is -2.13. The highest BCUT2D eigenvalue weighted by Gasteiger charge is 2.19. The van der Waals surface area contributed by atoms with E-state index in [1.807, 2.05) is 12.1 Å². The number of nitrogens with zero attached hydrogens (tertiary/aromatic N) is 3. The molecule has 0 aliphatic carbocycles. The Morgan fingerprint density at radius 3 is 2.76 bits per heavy atom. The summed E-state index contributed by atoms with van der Waals surface area (Å²) in [5.74, 6) is 0. The number of benzene rings is 1. The van der Waals surface area contributed by atoms with Crippen LogP contribution in [-0.2, 0) is 6.42 Å². The Morgan fingerprint density at radius 2 is 2.08 bits per heavy atom. The molecule has 0 N–H and O–H groups in total. The maximum atomic E-state index is 6.33. The van der Waals surface area contributed by atoms with E-state index in [1.54, 1.807) is 24.2 Å². The minimum absolute atomic E-state index is 0.287. The van der Waals surface area contributed by atoms with Gasteiger partial charge < -0.3 is 0 Å². The Bertz CT molecular complexity index is 892. The van der Waals surface area contributed by atoms with Crippen molar-refractivity contribution in [2.75, 3.05) is 0 Å². The second-order valence-corrected chi connectivity index (χ2v) is 8.50. The molecule has 0 saturated heterocycles. The fourth-order valence-corrected chi connectivity index (χ4v) is 4.58. The van der Waals surface area contributed by atoms with Crippen molar-refractivity contribution in [1.29, 1.82) is 0 Å². The van der Waals surface area contributed by atoms with Crippen LogP contribution in [0.15, 0.2) is 57.1 Å². The maximum Gasteiger partial charge on any atom is 0.103 e. The number of rotatable bonds is 5. The zero-order valence-corrected chi connectivity index (χ0v) is 17.5. The topological polar surface area (TPSA) is 30.7 Å². The van der Waals surface area contributed by atoms with E-state index in [9.17, 15) is 0 Å². The number of pyridine rings is 1. The van der Waals surface area contributed by atoms with E-state index in [0.717, 1.165) is 22.2 Å². The van der Waals surface area contributed by atoms with Crippen LogP contribution in [0.3, 0.4) is 0 Å². The zero-order chi connectivity index (χ0) is 18.0. The lowest BCUT2D eigenvalue weighted by molar-refractivity contribution is 0.489. The molecule has 0 aliphatic rings. The summed E-state index contributed by atoms with van der Waals surface area (Å²) >= 11 is 11.6. The van der Waals surface area contributed by atoms with Gasteiger partial charge in [-0.1, -0.05) is 45.4 Å². The number of aromatic nitrogens is 3. The van der Waals surface area contributed by atoms with E-state index >= 15 is 0 Å². The van der Waals surface area contributed by atoms with Gasteiger partial charge >= 0.3 is 0 Å². The minimum atomic E-state index is 0.287. The molecule has 0 bridgehead atoms. The molecular weight excluding hydrogens is 418 g/mol. The summed E-state index contributed by atoms with van der Waals surface area (Å²) < 4.78 is 3.18. The van der Waals surface area contributed by atoms with E-state index in [2.05, 4.69) is 64.6 Å². The average molecular weight is 437 g/mol. The van der Waals surface area contributed by atoms with Gasteiger partial charge in [0.25, 0.3) is 0 Å². The van der Waals surface area contributed by atoms with Crippen LogP contribution in [0.25, 0.3) is 0 Å². The van der Waals surface area contributed by atoms with Crippen LogP contribution in [-0.4, -0.2) is 14.8 Å². The van der Waals surface area contributed by atoms with Gasteiger partial charge in [-0.2, -0.15) is 5.10 Å². The van der Waals surface area contributed by atoms with Gasteiger partial charge in [0.15, 0.2) is 0 Å². The van der Waals surface area contributed by atoms with E-state index in [0.29, 0.717) is 5.02 Å². The van der Waals surface area contributed by atoms with Crippen molar-refractivity contribution in [3.63, 3.8) is 0 Å². The predicted octanol–water partition coefficient (Wildman–Crippen LogP) is 6.33. The van der Waals surface area contributed by atoms with E-state index in [-0.39, 0.29) is 6.04 Å². The molecule has 0 amide bonds. The Kier molecular flexibility index (Phi) is 5.87. The Morgan fingerprint density at radius 1 is 1.28 bits per heavy atom. The van der Waals surface area contributed by atoms with Crippen molar-refractivity contribution < 1.29 is 0 Å². The number of aryl methyl sites for hydroxylation is 1. The first-order valence-electron chi connectivity index (χ1n) is 8.05. The summed E-state index contributed by atoms with van der Waals surface area (Å²) in [6.45, 7) is 6.37. The largest absolute Gasteiger partial charge is 0.263 e. The minimum Gasteiger partial charge on any atom is -0.263 e. The van der Waals surface area contributed by atoms with E-state index < -0.39 is 0 Å². The summed E-state index contributed by atoms with van der Waals surface area (Å²) in [5.41, 5.74) is 3.32. The molecule has 3 nitrogen and oxygen atoms in total. The van der Waals surface area contributed by atoms with Gasteiger partial charge in [-0.25, -0.2) is 0 Å². The molecule has 3 rings (SSSR count). The zero-order valence-electron chi connectivity index (χ0n) is 14.3. The third-order valence-electron chi connectivity index (χ3n) is 3.88. The first-order valence-corrected chi connectivity index (χ1v) is 10.0. The Labute approximate surface area is 165 Å². The second-order valence-electron chi connectivity index (χ2n) is 6.11. The monoisotopic (exact) mass is 435 g/mol. The highest BCUT2D eigenvalue weighted by atomic mass is 79.9. The first kappa shape index (κ1) is 18.5. The van der Waals surface area contributed by atoms with Crippen LogP contribution in [0.1, 0.15) is 36.7 Å². The number of halogens is 2. The van der Waals surface area contributed by atoms with Gasteiger partial charge in [0, 0.05) is 39.8 Å². The summed E-state index contributed by atoms with van der Waals surface area (Å²) in [7, 11) is 0. The molecule has 2 heterocycles.